The maximum Gasteiger partial charge on any atom is 0.251 e. The van der Waals surface area contributed by atoms with Crippen molar-refractivity contribution in [2.75, 3.05) is 12.4 Å². The molecule has 0 heterocycles. The summed E-state index contributed by atoms with van der Waals surface area (Å²) in [5.74, 6) is -0.360. The van der Waals surface area contributed by atoms with Crippen LogP contribution in [0.1, 0.15) is 21.5 Å². The molecule has 20 heavy (non-hydrogen) atoms. The highest BCUT2D eigenvalue weighted by Gasteiger charge is 2.06. The van der Waals surface area contributed by atoms with Crippen LogP contribution in [0.5, 0.6) is 0 Å². The van der Waals surface area contributed by atoms with Crippen LogP contribution in [0.4, 0.5) is 10.1 Å². The number of carbonyl (C=O) groups excluding carboxylic acids is 1. The largest absolute Gasteiger partial charge is 0.381 e. The topological polar surface area (TPSA) is 41.1 Å². The van der Waals surface area contributed by atoms with E-state index < -0.39 is 0 Å². The Hall–Kier alpha value is -2.36. The predicted octanol–water partition coefficient (Wildman–Crippen LogP) is 3.11. The highest BCUT2D eigenvalue weighted by molar-refractivity contribution is 5.95. The molecule has 4 heteroatoms. The molecule has 0 aliphatic heterocycles. The Morgan fingerprint density at radius 3 is 2.50 bits per heavy atom. The second-order valence-electron chi connectivity index (χ2n) is 4.59. The van der Waals surface area contributed by atoms with Gasteiger partial charge in [-0.3, -0.25) is 4.79 Å². The zero-order valence-corrected chi connectivity index (χ0v) is 11.5. The van der Waals surface area contributed by atoms with Gasteiger partial charge in [0, 0.05) is 24.8 Å². The first-order chi connectivity index (χ1) is 9.60. The summed E-state index contributed by atoms with van der Waals surface area (Å²) in [5, 5.41) is 5.87. The summed E-state index contributed by atoms with van der Waals surface area (Å²) in [6.45, 7) is 2.55. The van der Waals surface area contributed by atoms with Gasteiger partial charge in [-0.15, -0.1) is 0 Å². The molecular weight excluding hydrogens is 255 g/mol. The van der Waals surface area contributed by atoms with Crippen LogP contribution in [0.15, 0.2) is 42.5 Å². The van der Waals surface area contributed by atoms with Crippen molar-refractivity contribution in [3.63, 3.8) is 0 Å². The van der Waals surface area contributed by atoms with E-state index in [1.54, 1.807) is 25.2 Å². The minimum absolute atomic E-state index is 0.116. The van der Waals surface area contributed by atoms with Crippen LogP contribution in [-0.4, -0.2) is 13.0 Å². The molecule has 2 N–H and O–H groups in total. The number of halogens is 1. The van der Waals surface area contributed by atoms with Gasteiger partial charge in [-0.2, -0.15) is 0 Å². The Labute approximate surface area is 117 Å². The molecule has 0 aliphatic rings. The average Bonchev–Trinajstić information content (AvgIpc) is 2.47. The van der Waals surface area contributed by atoms with Crippen LogP contribution in [-0.2, 0) is 6.54 Å². The van der Waals surface area contributed by atoms with Crippen molar-refractivity contribution in [2.24, 2.45) is 0 Å². The van der Waals surface area contributed by atoms with E-state index in [1.165, 1.54) is 12.1 Å². The van der Waals surface area contributed by atoms with Crippen LogP contribution in [0, 0.1) is 12.7 Å². The van der Waals surface area contributed by atoms with Crippen LogP contribution in [0.2, 0.25) is 0 Å². The number of benzene rings is 2. The lowest BCUT2D eigenvalue weighted by Crippen LogP contribution is -2.18. The van der Waals surface area contributed by atoms with Crippen molar-refractivity contribution in [1.29, 1.82) is 0 Å². The summed E-state index contributed by atoms with van der Waals surface area (Å²) in [5.41, 5.74) is 3.55. The van der Waals surface area contributed by atoms with E-state index in [4.69, 9.17) is 0 Å². The normalized spacial score (nSPS) is 10.2. The minimum atomic E-state index is -0.244. The van der Waals surface area contributed by atoms with Gasteiger partial charge in [0.15, 0.2) is 0 Å². The van der Waals surface area contributed by atoms with E-state index in [0.29, 0.717) is 12.1 Å². The molecule has 0 aliphatic carbocycles. The molecule has 104 valence electrons. The quantitative estimate of drug-likeness (QED) is 0.898. The van der Waals surface area contributed by atoms with Crippen LogP contribution in [0.25, 0.3) is 0 Å². The van der Waals surface area contributed by atoms with Gasteiger partial charge < -0.3 is 10.6 Å². The number of nitrogens with one attached hydrogen (secondary N) is 2. The van der Waals surface area contributed by atoms with E-state index in [9.17, 15) is 9.18 Å². The molecule has 0 radical (unpaired) electrons. The van der Waals surface area contributed by atoms with E-state index >= 15 is 0 Å². The molecule has 0 atom stereocenters. The molecule has 2 aromatic carbocycles. The fraction of sp³-hybridized carbons (Fsp3) is 0.188. The van der Waals surface area contributed by atoms with Crippen molar-refractivity contribution in [2.45, 2.75) is 13.5 Å². The summed E-state index contributed by atoms with van der Waals surface area (Å²) in [4.78, 5) is 11.6. The molecule has 0 spiro atoms. The van der Waals surface area contributed by atoms with Crippen molar-refractivity contribution in [3.05, 3.63) is 65.0 Å². The van der Waals surface area contributed by atoms with Crippen LogP contribution >= 0.6 is 0 Å². The van der Waals surface area contributed by atoms with E-state index in [1.807, 2.05) is 19.1 Å². The molecule has 3 nitrogen and oxygen atoms in total. The van der Waals surface area contributed by atoms with Crippen molar-refractivity contribution >= 4 is 11.6 Å². The second-order valence-corrected chi connectivity index (χ2v) is 4.59. The monoisotopic (exact) mass is 272 g/mol. The lowest BCUT2D eigenvalue weighted by Gasteiger charge is -2.11. The zero-order valence-electron chi connectivity index (χ0n) is 11.5. The fourth-order valence-corrected chi connectivity index (χ4v) is 1.90. The van der Waals surface area contributed by atoms with Crippen molar-refractivity contribution in [3.8, 4) is 0 Å². The highest BCUT2D eigenvalue weighted by atomic mass is 19.1. The first-order valence-electron chi connectivity index (χ1n) is 6.41. The van der Waals surface area contributed by atoms with Gasteiger partial charge >= 0.3 is 0 Å². The molecule has 2 rings (SSSR count). The molecule has 0 aromatic heterocycles. The van der Waals surface area contributed by atoms with Crippen LogP contribution in [0.3, 0.4) is 0 Å². The summed E-state index contributed by atoms with van der Waals surface area (Å²) in [7, 11) is 1.60. The summed E-state index contributed by atoms with van der Waals surface area (Å²) in [6, 6.07) is 11.8. The zero-order chi connectivity index (χ0) is 14.5. The number of hydrogen-bond donors (Lipinski definition) is 2. The average molecular weight is 272 g/mol. The summed E-state index contributed by atoms with van der Waals surface area (Å²) >= 11 is 0. The summed E-state index contributed by atoms with van der Waals surface area (Å²) < 4.78 is 12.8. The number of anilines is 1. The predicted molar refractivity (Wildman–Crippen MR) is 78.3 cm³/mol. The molecule has 2 aromatic rings. The number of hydrogen-bond acceptors (Lipinski definition) is 2. The van der Waals surface area contributed by atoms with Crippen molar-refractivity contribution in [1.82, 2.24) is 5.32 Å². The Kier molecular flexibility index (Phi) is 4.35. The number of carbonyl (C=O) groups is 1. The highest BCUT2D eigenvalue weighted by Crippen LogP contribution is 2.18. The molecule has 0 unspecified atom stereocenters. The molecule has 0 saturated carbocycles. The first kappa shape index (κ1) is 14.1. The fourth-order valence-electron chi connectivity index (χ4n) is 1.90. The second kappa shape index (κ2) is 6.19. The number of aryl methyl sites for hydroxylation is 1. The van der Waals surface area contributed by atoms with Gasteiger partial charge in [0.2, 0.25) is 0 Å². The van der Waals surface area contributed by atoms with E-state index in [0.717, 1.165) is 16.8 Å². The van der Waals surface area contributed by atoms with Gasteiger partial charge in [0.25, 0.3) is 5.91 Å². The molecule has 0 bridgehead atoms. The minimum Gasteiger partial charge on any atom is -0.381 e. The van der Waals surface area contributed by atoms with Gasteiger partial charge in [0.05, 0.1) is 0 Å². The molecule has 0 fully saturated rings. The SMILES string of the molecule is CNC(=O)c1ccc(C)c(NCc2ccc(F)cc2)c1. The third-order valence-electron chi connectivity index (χ3n) is 3.12. The van der Waals surface area contributed by atoms with Crippen LogP contribution < -0.4 is 10.6 Å². The lowest BCUT2D eigenvalue weighted by atomic mass is 10.1. The Balaban J connectivity index is 2.12. The Morgan fingerprint density at radius 2 is 1.85 bits per heavy atom. The Morgan fingerprint density at radius 1 is 1.15 bits per heavy atom. The van der Waals surface area contributed by atoms with E-state index in [2.05, 4.69) is 10.6 Å². The number of amides is 1. The third-order valence-corrected chi connectivity index (χ3v) is 3.12. The van der Waals surface area contributed by atoms with Gasteiger partial charge in [0.1, 0.15) is 5.82 Å². The first-order valence-corrected chi connectivity index (χ1v) is 6.41. The summed E-state index contributed by atoms with van der Waals surface area (Å²) in [6.07, 6.45) is 0. The molecular formula is C16H17FN2O. The number of rotatable bonds is 4. The smallest absolute Gasteiger partial charge is 0.251 e. The van der Waals surface area contributed by atoms with Gasteiger partial charge in [-0.05, 0) is 42.3 Å². The third kappa shape index (κ3) is 3.35. The standard InChI is InChI=1S/C16H17FN2O/c1-11-3-6-13(16(20)18-2)9-15(11)19-10-12-4-7-14(17)8-5-12/h3-9,19H,10H2,1-2H3,(H,18,20). The maximum atomic E-state index is 12.8. The maximum absolute atomic E-state index is 12.8. The molecule has 0 saturated heterocycles. The van der Waals surface area contributed by atoms with Gasteiger partial charge in [-0.1, -0.05) is 18.2 Å². The van der Waals surface area contributed by atoms with E-state index in [-0.39, 0.29) is 11.7 Å². The van der Waals surface area contributed by atoms with Gasteiger partial charge in [-0.25, -0.2) is 4.39 Å². The van der Waals surface area contributed by atoms with Crippen molar-refractivity contribution < 1.29 is 9.18 Å². The Bertz CT molecular complexity index is 608. The lowest BCUT2D eigenvalue weighted by molar-refractivity contribution is 0.0963. The molecule has 1 amide bonds.